The molecule has 2 aromatic rings. The predicted octanol–water partition coefficient (Wildman–Crippen LogP) is 2.55. The summed E-state index contributed by atoms with van der Waals surface area (Å²) in [5, 5.41) is 33.1. The van der Waals surface area contributed by atoms with E-state index in [4.69, 9.17) is 5.21 Å². The van der Waals surface area contributed by atoms with Gasteiger partial charge in [0.2, 0.25) is 0 Å². The van der Waals surface area contributed by atoms with Crippen molar-refractivity contribution in [1.29, 1.82) is 0 Å². The van der Waals surface area contributed by atoms with Crippen LogP contribution in [-0.2, 0) is 0 Å². The fraction of sp³-hybridized carbons (Fsp3) is 0.0667. The fourth-order valence-electron chi connectivity index (χ4n) is 1.78. The topological polar surface area (TPSA) is 102 Å². The first-order valence-corrected chi connectivity index (χ1v) is 6.13. The van der Waals surface area contributed by atoms with Crippen molar-refractivity contribution in [1.82, 2.24) is 0 Å². The van der Waals surface area contributed by atoms with Crippen LogP contribution in [0.15, 0.2) is 47.6 Å². The van der Waals surface area contributed by atoms with Gasteiger partial charge in [0.25, 0.3) is 5.91 Å². The number of anilines is 1. The third-order valence-corrected chi connectivity index (χ3v) is 2.88. The van der Waals surface area contributed by atoms with Crippen molar-refractivity contribution in [2.75, 3.05) is 5.32 Å². The summed E-state index contributed by atoms with van der Waals surface area (Å²) in [5.74, 6) is -0.836. The summed E-state index contributed by atoms with van der Waals surface area (Å²) in [6.45, 7) is 1.66. The van der Waals surface area contributed by atoms with Crippen LogP contribution >= 0.6 is 0 Å². The average molecular weight is 286 g/mol. The molecule has 0 atom stereocenters. The van der Waals surface area contributed by atoms with Gasteiger partial charge in [-0.2, -0.15) is 0 Å². The Balaban J connectivity index is 2.16. The number of hydrogen-bond acceptors (Lipinski definition) is 5. The van der Waals surface area contributed by atoms with E-state index in [1.807, 2.05) is 0 Å². The van der Waals surface area contributed by atoms with Crippen molar-refractivity contribution >= 4 is 17.3 Å². The second-order valence-electron chi connectivity index (χ2n) is 4.45. The van der Waals surface area contributed by atoms with E-state index in [2.05, 4.69) is 10.5 Å². The Morgan fingerprint density at radius 2 is 1.57 bits per heavy atom. The number of phenols is 2. The van der Waals surface area contributed by atoms with Crippen molar-refractivity contribution in [3.63, 3.8) is 0 Å². The molecule has 0 aliphatic heterocycles. The molecule has 21 heavy (non-hydrogen) atoms. The lowest BCUT2D eigenvalue weighted by atomic mass is 10.1. The smallest absolute Gasteiger partial charge is 0.255 e. The maximum atomic E-state index is 12.0. The highest BCUT2D eigenvalue weighted by Crippen LogP contribution is 2.21. The molecule has 2 aromatic carbocycles. The van der Waals surface area contributed by atoms with E-state index in [0.717, 1.165) is 11.6 Å². The molecule has 2 rings (SSSR count). The van der Waals surface area contributed by atoms with Crippen LogP contribution in [0.1, 0.15) is 22.8 Å². The first-order valence-electron chi connectivity index (χ1n) is 6.13. The number of hydrogen-bond donors (Lipinski definition) is 4. The molecule has 0 saturated heterocycles. The summed E-state index contributed by atoms with van der Waals surface area (Å²) in [4.78, 5) is 12.0. The molecule has 0 aliphatic rings. The second kappa shape index (κ2) is 5.96. The molecule has 0 radical (unpaired) electrons. The van der Waals surface area contributed by atoms with Crippen molar-refractivity contribution in [2.45, 2.75) is 6.92 Å². The van der Waals surface area contributed by atoms with Crippen molar-refractivity contribution in [3.8, 4) is 11.5 Å². The molecule has 108 valence electrons. The molecule has 0 spiro atoms. The van der Waals surface area contributed by atoms with Crippen LogP contribution in [0.4, 0.5) is 5.69 Å². The third kappa shape index (κ3) is 3.50. The predicted molar refractivity (Wildman–Crippen MR) is 78.2 cm³/mol. The van der Waals surface area contributed by atoms with Crippen molar-refractivity contribution in [3.05, 3.63) is 53.6 Å². The summed E-state index contributed by atoms with van der Waals surface area (Å²) in [5.41, 5.74) is 1.87. The third-order valence-electron chi connectivity index (χ3n) is 2.88. The first-order chi connectivity index (χ1) is 9.99. The number of carbonyl (C=O) groups is 1. The Morgan fingerprint density at radius 1 is 1.00 bits per heavy atom. The average Bonchev–Trinajstić information content (AvgIpc) is 2.46. The van der Waals surface area contributed by atoms with E-state index < -0.39 is 5.91 Å². The number of nitrogens with one attached hydrogen (secondary N) is 1. The molecule has 0 bridgehead atoms. The normalized spacial score (nSPS) is 11.2. The van der Waals surface area contributed by atoms with Crippen LogP contribution in [0.3, 0.4) is 0 Å². The molecular formula is C15H14N2O4. The maximum Gasteiger partial charge on any atom is 0.255 e. The van der Waals surface area contributed by atoms with Gasteiger partial charge in [-0.3, -0.25) is 4.79 Å². The number of phenolic OH excluding ortho intramolecular Hbond substituents is 2. The Kier molecular flexibility index (Phi) is 4.08. The summed E-state index contributed by atoms with van der Waals surface area (Å²) >= 11 is 0. The zero-order valence-corrected chi connectivity index (χ0v) is 11.2. The lowest BCUT2D eigenvalue weighted by Gasteiger charge is -2.07. The van der Waals surface area contributed by atoms with E-state index >= 15 is 0 Å². The first kappa shape index (κ1) is 14.4. The van der Waals surface area contributed by atoms with E-state index in [9.17, 15) is 15.0 Å². The van der Waals surface area contributed by atoms with E-state index in [-0.39, 0.29) is 17.1 Å². The van der Waals surface area contributed by atoms with Crippen LogP contribution < -0.4 is 5.32 Å². The standard InChI is InChI=1S/C15H14N2O4/c1-9(17-21)10-2-4-12(5-3-10)16-15(20)11-6-13(18)8-14(19)7-11/h2-8,18-19,21H,1H3,(H,16,20)/b17-9-. The Labute approximate surface area is 121 Å². The highest BCUT2D eigenvalue weighted by molar-refractivity contribution is 6.05. The molecule has 0 fully saturated rings. The minimum Gasteiger partial charge on any atom is -0.508 e. The van der Waals surface area contributed by atoms with E-state index in [1.54, 1.807) is 31.2 Å². The lowest BCUT2D eigenvalue weighted by molar-refractivity contribution is 0.102. The van der Waals surface area contributed by atoms with Gasteiger partial charge in [0.05, 0.1) is 5.71 Å². The fourth-order valence-corrected chi connectivity index (χ4v) is 1.78. The molecule has 0 aliphatic carbocycles. The van der Waals surface area contributed by atoms with Gasteiger partial charge in [0.15, 0.2) is 0 Å². The number of aromatic hydroxyl groups is 2. The molecule has 0 unspecified atom stereocenters. The summed E-state index contributed by atoms with van der Waals surface area (Å²) in [6.07, 6.45) is 0. The lowest BCUT2D eigenvalue weighted by Crippen LogP contribution is -2.11. The minimum absolute atomic E-state index is 0.143. The van der Waals surface area contributed by atoms with Gasteiger partial charge in [0, 0.05) is 17.3 Å². The summed E-state index contributed by atoms with van der Waals surface area (Å²) in [7, 11) is 0. The minimum atomic E-state index is -0.457. The van der Waals surface area contributed by atoms with Gasteiger partial charge in [-0.25, -0.2) is 0 Å². The molecule has 0 aromatic heterocycles. The van der Waals surface area contributed by atoms with Crippen LogP contribution in [-0.4, -0.2) is 27.0 Å². The van der Waals surface area contributed by atoms with Gasteiger partial charge in [-0.1, -0.05) is 17.3 Å². The Hall–Kier alpha value is -3.02. The van der Waals surface area contributed by atoms with Gasteiger partial charge < -0.3 is 20.7 Å². The number of benzene rings is 2. The Bertz CT molecular complexity index is 673. The monoisotopic (exact) mass is 286 g/mol. The Morgan fingerprint density at radius 3 is 2.10 bits per heavy atom. The number of oxime groups is 1. The van der Waals surface area contributed by atoms with Crippen LogP contribution in [0.25, 0.3) is 0 Å². The molecule has 0 heterocycles. The number of rotatable bonds is 3. The number of carbonyl (C=O) groups excluding carboxylic acids is 1. The highest BCUT2D eigenvalue weighted by Gasteiger charge is 2.09. The van der Waals surface area contributed by atoms with Gasteiger partial charge in [-0.15, -0.1) is 0 Å². The SMILES string of the molecule is C/C(=N/O)c1ccc(NC(=O)c2cc(O)cc(O)c2)cc1. The summed E-state index contributed by atoms with van der Waals surface area (Å²) in [6, 6.07) is 10.4. The number of nitrogens with zero attached hydrogens (tertiary/aromatic N) is 1. The van der Waals surface area contributed by atoms with Gasteiger partial charge >= 0.3 is 0 Å². The van der Waals surface area contributed by atoms with Gasteiger partial charge in [-0.05, 0) is 36.8 Å². The zero-order chi connectivity index (χ0) is 15.4. The molecule has 1 amide bonds. The van der Waals surface area contributed by atoms with Crippen molar-refractivity contribution in [2.24, 2.45) is 5.16 Å². The molecule has 0 saturated carbocycles. The van der Waals surface area contributed by atoms with Crippen LogP contribution in [0.5, 0.6) is 11.5 Å². The zero-order valence-electron chi connectivity index (χ0n) is 11.2. The van der Waals surface area contributed by atoms with Crippen LogP contribution in [0.2, 0.25) is 0 Å². The van der Waals surface area contributed by atoms with Crippen LogP contribution in [0, 0.1) is 0 Å². The largest absolute Gasteiger partial charge is 0.508 e. The number of amides is 1. The molecular weight excluding hydrogens is 272 g/mol. The molecule has 6 heteroatoms. The summed E-state index contributed by atoms with van der Waals surface area (Å²) < 4.78 is 0. The molecule has 6 nitrogen and oxygen atoms in total. The van der Waals surface area contributed by atoms with E-state index in [1.165, 1.54) is 12.1 Å². The highest BCUT2D eigenvalue weighted by atomic mass is 16.4. The van der Waals surface area contributed by atoms with Crippen molar-refractivity contribution < 1.29 is 20.2 Å². The molecule has 4 N–H and O–H groups in total. The van der Waals surface area contributed by atoms with Gasteiger partial charge in [0.1, 0.15) is 11.5 Å². The maximum absolute atomic E-state index is 12.0. The second-order valence-corrected chi connectivity index (χ2v) is 4.45. The van der Waals surface area contributed by atoms with E-state index in [0.29, 0.717) is 11.4 Å². The quantitative estimate of drug-likeness (QED) is 0.395.